The van der Waals surface area contributed by atoms with E-state index >= 15 is 0 Å². The van der Waals surface area contributed by atoms with Gasteiger partial charge in [-0.25, -0.2) is 0 Å². The van der Waals surface area contributed by atoms with Gasteiger partial charge in [0, 0.05) is 17.9 Å². The van der Waals surface area contributed by atoms with E-state index in [1.54, 1.807) is 11.0 Å². The molecule has 3 rings (SSSR count). The minimum absolute atomic E-state index is 0.0709. The van der Waals surface area contributed by atoms with Crippen LogP contribution in [0.5, 0.6) is 0 Å². The summed E-state index contributed by atoms with van der Waals surface area (Å²) in [5.41, 5.74) is 0.509. The molecule has 0 aromatic carbocycles. The van der Waals surface area contributed by atoms with Crippen LogP contribution in [-0.4, -0.2) is 41.1 Å². The van der Waals surface area contributed by atoms with Crippen LogP contribution in [0.15, 0.2) is 23.8 Å². The van der Waals surface area contributed by atoms with E-state index in [2.05, 4.69) is 19.9 Å². The smallest absolute Gasteiger partial charge is 0.230 e. The van der Waals surface area contributed by atoms with Gasteiger partial charge in [0.15, 0.2) is 0 Å². The Morgan fingerprint density at radius 3 is 2.95 bits per heavy atom. The van der Waals surface area contributed by atoms with Crippen molar-refractivity contribution in [3.05, 3.63) is 23.8 Å². The molecule has 0 aliphatic carbocycles. The van der Waals surface area contributed by atoms with E-state index in [1.807, 2.05) is 13.0 Å². The Hall–Kier alpha value is -1.62. The number of carboxylic acids is 1. The van der Waals surface area contributed by atoms with Gasteiger partial charge in [-0.05, 0) is 33.6 Å². The monoisotopic (exact) mass is 304 g/mol. The summed E-state index contributed by atoms with van der Waals surface area (Å²) in [5.74, 6) is -2.77. The van der Waals surface area contributed by atoms with Gasteiger partial charge >= 0.3 is 0 Å². The van der Waals surface area contributed by atoms with Gasteiger partial charge in [-0.15, -0.1) is 0 Å². The summed E-state index contributed by atoms with van der Waals surface area (Å²) in [5, 5.41) is 11.4. The molecule has 3 aliphatic rings. The number of ether oxygens (including phenoxy) is 1. The zero-order chi connectivity index (χ0) is 16.1. The summed E-state index contributed by atoms with van der Waals surface area (Å²) in [6.45, 7) is 6.56. The molecule has 0 aromatic rings. The lowest BCUT2D eigenvalue weighted by atomic mass is 9.77. The number of hydrogen-bond donors (Lipinski definition) is 0. The highest BCUT2D eigenvalue weighted by molar-refractivity contribution is 5.90. The van der Waals surface area contributed by atoms with Crippen molar-refractivity contribution >= 4 is 11.9 Å². The van der Waals surface area contributed by atoms with Gasteiger partial charge in [0.05, 0.1) is 18.6 Å². The molecule has 5 nitrogen and oxygen atoms in total. The van der Waals surface area contributed by atoms with E-state index in [0.717, 1.165) is 12.8 Å². The molecule has 1 spiro atoms. The molecule has 2 fully saturated rings. The fourth-order valence-electron chi connectivity index (χ4n) is 3.94. The molecule has 2 bridgehead atoms. The predicted molar refractivity (Wildman–Crippen MR) is 78.6 cm³/mol. The molecule has 0 radical (unpaired) electrons. The van der Waals surface area contributed by atoms with E-state index in [1.165, 1.54) is 5.57 Å². The Balaban J connectivity index is 1.76. The molecule has 2 saturated heterocycles. The molecule has 0 N–H and O–H groups in total. The lowest BCUT2D eigenvalue weighted by Gasteiger charge is -2.27. The number of nitrogens with zero attached hydrogens (tertiary/aromatic N) is 1. The molecule has 5 heteroatoms. The molecule has 0 saturated carbocycles. The number of amides is 1. The number of hydrogen-bond acceptors (Lipinski definition) is 4. The number of aliphatic carboxylic acids is 1. The Morgan fingerprint density at radius 2 is 2.32 bits per heavy atom. The molecular formula is C17H22NO4-. The molecule has 120 valence electrons. The van der Waals surface area contributed by atoms with Crippen LogP contribution < -0.4 is 5.11 Å². The van der Waals surface area contributed by atoms with Crippen LogP contribution in [0, 0.1) is 11.8 Å². The molecule has 3 heterocycles. The van der Waals surface area contributed by atoms with Gasteiger partial charge in [-0.1, -0.05) is 23.8 Å². The summed E-state index contributed by atoms with van der Waals surface area (Å²) in [4.78, 5) is 25.9. The predicted octanol–water partition coefficient (Wildman–Crippen LogP) is 0.653. The summed E-state index contributed by atoms with van der Waals surface area (Å²) in [7, 11) is 0. The average Bonchev–Trinajstić information content (AvgIpc) is 3.06. The van der Waals surface area contributed by atoms with Gasteiger partial charge in [-0.2, -0.15) is 0 Å². The summed E-state index contributed by atoms with van der Waals surface area (Å²) in [6.07, 6.45) is 7.06. The topological polar surface area (TPSA) is 69.7 Å². The molecular weight excluding hydrogens is 282 g/mol. The van der Waals surface area contributed by atoms with E-state index < -0.39 is 29.5 Å². The lowest BCUT2D eigenvalue weighted by molar-refractivity contribution is -0.313. The van der Waals surface area contributed by atoms with Crippen LogP contribution in [0.4, 0.5) is 0 Å². The zero-order valence-corrected chi connectivity index (χ0v) is 13.2. The summed E-state index contributed by atoms with van der Waals surface area (Å²) >= 11 is 0. The second-order valence-electron chi connectivity index (χ2n) is 6.89. The van der Waals surface area contributed by atoms with Crippen LogP contribution in [0.3, 0.4) is 0 Å². The maximum atomic E-state index is 12.7. The van der Waals surface area contributed by atoms with Gasteiger partial charge < -0.3 is 19.5 Å². The Bertz CT molecular complexity index is 563. The summed E-state index contributed by atoms with van der Waals surface area (Å²) < 4.78 is 5.84. The van der Waals surface area contributed by atoms with Crippen molar-refractivity contribution in [1.29, 1.82) is 0 Å². The minimum Gasteiger partial charge on any atom is -0.550 e. The highest BCUT2D eigenvalue weighted by atomic mass is 16.5. The molecule has 0 unspecified atom stereocenters. The number of allylic oxidation sites excluding steroid dienone is 2. The Kier molecular flexibility index (Phi) is 3.63. The van der Waals surface area contributed by atoms with E-state index in [9.17, 15) is 14.7 Å². The number of carbonyl (C=O) groups excluding carboxylic acids is 2. The lowest BCUT2D eigenvalue weighted by Crippen LogP contribution is -2.45. The third-order valence-corrected chi connectivity index (χ3v) is 5.07. The van der Waals surface area contributed by atoms with E-state index in [0.29, 0.717) is 6.54 Å². The van der Waals surface area contributed by atoms with Crippen molar-refractivity contribution in [2.75, 3.05) is 6.54 Å². The maximum Gasteiger partial charge on any atom is 0.230 e. The normalized spacial score (nSPS) is 36.6. The number of rotatable bonds is 5. The van der Waals surface area contributed by atoms with Crippen molar-refractivity contribution < 1.29 is 19.4 Å². The standard InChI is InChI=1S/C17H23NO4/c1-10(2)5-4-6-11(3)18-9-17-8-7-12(22-17)13(16(20)21)14(17)15(18)19/h5,7-8,11-14H,4,6,9H2,1-3H3,(H,20,21)/p-1/t11-,12-,13+,14-,17-/m1/s1. The number of fused-ring (bicyclic) bond motifs is 1. The Labute approximate surface area is 130 Å². The largest absolute Gasteiger partial charge is 0.550 e. The quantitative estimate of drug-likeness (QED) is 0.699. The van der Waals surface area contributed by atoms with Crippen LogP contribution in [0.25, 0.3) is 0 Å². The second kappa shape index (κ2) is 5.23. The van der Waals surface area contributed by atoms with E-state index in [4.69, 9.17) is 4.74 Å². The fraction of sp³-hybridized carbons (Fsp3) is 0.647. The molecule has 3 aliphatic heterocycles. The van der Waals surface area contributed by atoms with Crippen molar-refractivity contribution in [2.45, 2.75) is 51.4 Å². The average molecular weight is 304 g/mol. The number of carboxylic acid groups (broad SMARTS) is 1. The highest BCUT2D eigenvalue weighted by Gasteiger charge is 2.65. The summed E-state index contributed by atoms with van der Waals surface area (Å²) in [6, 6.07) is 0.0709. The first-order valence-electron chi connectivity index (χ1n) is 7.87. The third-order valence-electron chi connectivity index (χ3n) is 5.07. The van der Waals surface area contributed by atoms with Crippen molar-refractivity contribution in [3.63, 3.8) is 0 Å². The van der Waals surface area contributed by atoms with E-state index in [-0.39, 0.29) is 11.9 Å². The first-order chi connectivity index (χ1) is 10.4. The first-order valence-corrected chi connectivity index (χ1v) is 7.87. The van der Waals surface area contributed by atoms with Gasteiger partial charge in [0.25, 0.3) is 0 Å². The van der Waals surface area contributed by atoms with Crippen molar-refractivity contribution in [2.24, 2.45) is 11.8 Å². The van der Waals surface area contributed by atoms with Gasteiger partial charge in [0.2, 0.25) is 5.91 Å². The second-order valence-corrected chi connectivity index (χ2v) is 6.89. The van der Waals surface area contributed by atoms with Crippen LogP contribution >= 0.6 is 0 Å². The van der Waals surface area contributed by atoms with Crippen molar-refractivity contribution in [3.8, 4) is 0 Å². The number of carbonyl (C=O) groups is 2. The van der Waals surface area contributed by atoms with Crippen LogP contribution in [-0.2, 0) is 14.3 Å². The molecule has 0 aromatic heterocycles. The zero-order valence-electron chi connectivity index (χ0n) is 13.2. The highest BCUT2D eigenvalue weighted by Crippen LogP contribution is 2.52. The molecule has 5 atom stereocenters. The minimum atomic E-state index is -1.19. The van der Waals surface area contributed by atoms with Gasteiger partial charge in [0.1, 0.15) is 5.60 Å². The van der Waals surface area contributed by atoms with Crippen LogP contribution in [0.2, 0.25) is 0 Å². The number of likely N-dealkylation sites (tertiary alicyclic amines) is 1. The SMILES string of the molecule is CC(C)=CCC[C@@H](C)N1C[C@@]23C=C[C@@H](O2)[C@H](C(=O)[O-])[C@@H]3C1=O. The molecule has 22 heavy (non-hydrogen) atoms. The first kappa shape index (κ1) is 15.3. The van der Waals surface area contributed by atoms with Crippen LogP contribution in [0.1, 0.15) is 33.6 Å². The third kappa shape index (κ3) is 2.19. The van der Waals surface area contributed by atoms with Crippen molar-refractivity contribution in [1.82, 2.24) is 4.90 Å². The molecule has 1 amide bonds. The maximum absolute atomic E-state index is 12.7. The fourth-order valence-corrected chi connectivity index (χ4v) is 3.94. The Morgan fingerprint density at radius 1 is 1.59 bits per heavy atom. The van der Waals surface area contributed by atoms with Gasteiger partial charge in [-0.3, -0.25) is 4.79 Å².